The van der Waals surface area contributed by atoms with Crippen molar-refractivity contribution in [2.24, 2.45) is 0 Å². The maximum Gasteiger partial charge on any atom is 0.416 e. The summed E-state index contributed by atoms with van der Waals surface area (Å²) in [5.74, 6) is 0.277. The molecule has 1 atom stereocenters. The number of carbonyl (C=O) groups is 1. The number of rotatable bonds is 9. The molecule has 4 aromatic rings. The van der Waals surface area contributed by atoms with Crippen LogP contribution < -0.4 is 14.4 Å². The molecular weight excluding hydrogens is 507 g/mol. The van der Waals surface area contributed by atoms with Crippen LogP contribution in [0.3, 0.4) is 0 Å². The number of methoxy groups -OCH3 is 2. The number of alkyl halides is 3. The normalized spacial score (nSPS) is 12.1. The number of ether oxygens (including phenoxy) is 2. The van der Waals surface area contributed by atoms with Crippen molar-refractivity contribution in [3.05, 3.63) is 114 Å². The van der Waals surface area contributed by atoms with Crippen LogP contribution in [0.25, 0.3) is 11.1 Å². The third-order valence-corrected chi connectivity index (χ3v) is 6.42. The minimum absolute atomic E-state index is 0.110. The first-order valence-electron chi connectivity index (χ1n) is 12.2. The Morgan fingerprint density at radius 1 is 0.821 bits per heavy atom. The van der Waals surface area contributed by atoms with Crippen LogP contribution in [-0.4, -0.2) is 31.8 Å². The summed E-state index contributed by atoms with van der Waals surface area (Å²) in [6.07, 6.45) is -5.63. The van der Waals surface area contributed by atoms with E-state index >= 15 is 0 Å². The Hall–Kier alpha value is -4.30. The number of carbonyl (C=O) groups excluding carboxylic acids is 1. The van der Waals surface area contributed by atoms with Gasteiger partial charge < -0.3 is 19.5 Å². The molecule has 1 N–H and O–H groups in total. The van der Waals surface area contributed by atoms with Gasteiger partial charge in [0.15, 0.2) is 17.6 Å². The van der Waals surface area contributed by atoms with Crippen LogP contribution in [0.5, 0.6) is 11.5 Å². The van der Waals surface area contributed by atoms with Gasteiger partial charge in [-0.15, -0.1) is 0 Å². The lowest BCUT2D eigenvalue weighted by atomic mass is 10.0. The van der Waals surface area contributed by atoms with Gasteiger partial charge in [0.2, 0.25) is 0 Å². The van der Waals surface area contributed by atoms with Gasteiger partial charge >= 0.3 is 6.18 Å². The maximum absolute atomic E-state index is 13.6. The average molecular weight is 536 g/mol. The highest BCUT2D eigenvalue weighted by molar-refractivity contribution is 5.97. The van der Waals surface area contributed by atoms with E-state index in [1.807, 2.05) is 42.5 Å². The summed E-state index contributed by atoms with van der Waals surface area (Å²) in [5, 5.41) is 11.1. The number of hydrogen-bond donors (Lipinski definition) is 1. The minimum atomic E-state index is -4.43. The summed E-state index contributed by atoms with van der Waals surface area (Å²) >= 11 is 0. The smallest absolute Gasteiger partial charge is 0.416 e. The van der Waals surface area contributed by atoms with Crippen molar-refractivity contribution in [3.63, 3.8) is 0 Å². The second kappa shape index (κ2) is 12.0. The highest BCUT2D eigenvalue weighted by Crippen LogP contribution is 2.33. The van der Waals surface area contributed by atoms with Crippen molar-refractivity contribution in [1.29, 1.82) is 0 Å². The molecule has 0 saturated heterocycles. The summed E-state index contributed by atoms with van der Waals surface area (Å²) in [6.45, 7) is 0.110. The SMILES string of the molecule is COc1ccc(N(CCc2ccc(C(F)(F)F)cc2)C(=O)C(O)c2ccc(-c3ccccc3)cc2)cc1OC. The van der Waals surface area contributed by atoms with Gasteiger partial charge in [0.1, 0.15) is 0 Å². The van der Waals surface area contributed by atoms with Gasteiger partial charge in [-0.2, -0.15) is 13.2 Å². The number of benzene rings is 4. The van der Waals surface area contributed by atoms with Crippen LogP contribution >= 0.6 is 0 Å². The van der Waals surface area contributed by atoms with Crippen molar-refractivity contribution >= 4 is 11.6 Å². The molecule has 0 radical (unpaired) electrons. The van der Waals surface area contributed by atoms with Gasteiger partial charge in [0.25, 0.3) is 5.91 Å². The van der Waals surface area contributed by atoms with Crippen LogP contribution in [0.1, 0.15) is 22.8 Å². The van der Waals surface area contributed by atoms with E-state index in [0.29, 0.717) is 28.3 Å². The highest BCUT2D eigenvalue weighted by Gasteiger charge is 2.30. The summed E-state index contributed by atoms with van der Waals surface area (Å²) < 4.78 is 49.6. The zero-order chi connectivity index (χ0) is 28.0. The number of aliphatic hydroxyl groups is 1. The van der Waals surface area contributed by atoms with Crippen LogP contribution in [0.4, 0.5) is 18.9 Å². The van der Waals surface area contributed by atoms with E-state index in [0.717, 1.165) is 23.3 Å². The first kappa shape index (κ1) is 27.7. The number of nitrogens with zero attached hydrogens (tertiary/aromatic N) is 1. The molecule has 0 bridgehead atoms. The van der Waals surface area contributed by atoms with Gasteiger partial charge in [0, 0.05) is 18.3 Å². The van der Waals surface area contributed by atoms with Crippen LogP contribution in [0.15, 0.2) is 97.1 Å². The Balaban J connectivity index is 1.60. The minimum Gasteiger partial charge on any atom is -0.493 e. The number of amides is 1. The van der Waals surface area contributed by atoms with Crippen molar-refractivity contribution in [2.75, 3.05) is 25.7 Å². The van der Waals surface area contributed by atoms with Crippen LogP contribution in [-0.2, 0) is 17.4 Å². The molecule has 0 aliphatic carbocycles. The van der Waals surface area contributed by atoms with Crippen molar-refractivity contribution in [1.82, 2.24) is 0 Å². The largest absolute Gasteiger partial charge is 0.493 e. The topological polar surface area (TPSA) is 59.0 Å². The van der Waals surface area contributed by atoms with E-state index in [2.05, 4.69) is 0 Å². The maximum atomic E-state index is 13.6. The van der Waals surface area contributed by atoms with E-state index in [9.17, 15) is 23.1 Å². The second-order valence-electron chi connectivity index (χ2n) is 8.86. The van der Waals surface area contributed by atoms with E-state index in [1.165, 1.54) is 31.3 Å². The van der Waals surface area contributed by atoms with E-state index in [1.54, 1.807) is 30.3 Å². The number of aliphatic hydroxyl groups excluding tert-OH is 1. The van der Waals surface area contributed by atoms with Gasteiger partial charge in [-0.25, -0.2) is 0 Å². The monoisotopic (exact) mass is 535 g/mol. The predicted molar refractivity (Wildman–Crippen MR) is 144 cm³/mol. The third-order valence-electron chi connectivity index (χ3n) is 6.42. The molecule has 1 amide bonds. The molecule has 0 aliphatic rings. The molecule has 0 fully saturated rings. The number of halogens is 3. The Kier molecular flexibility index (Phi) is 8.56. The Bertz CT molecular complexity index is 1390. The van der Waals surface area contributed by atoms with Crippen LogP contribution in [0, 0.1) is 0 Å². The summed E-state index contributed by atoms with van der Waals surface area (Å²) in [5.41, 5.74) is 2.69. The third kappa shape index (κ3) is 6.59. The number of anilines is 1. The quantitative estimate of drug-likeness (QED) is 0.259. The van der Waals surface area contributed by atoms with Crippen molar-refractivity contribution < 1.29 is 32.5 Å². The molecule has 8 heteroatoms. The van der Waals surface area contributed by atoms with Gasteiger partial charge in [0.05, 0.1) is 19.8 Å². The summed E-state index contributed by atoms with van der Waals surface area (Å²) in [6, 6.07) is 26.5. The fraction of sp³-hybridized carbons (Fsp3) is 0.194. The standard InChI is InChI=1S/C31H28F3NO4/c1-38-27-17-16-26(20-28(27)39-2)35(19-18-21-8-14-25(15-9-21)31(32,33)34)30(37)29(36)24-12-10-23(11-13-24)22-6-4-3-5-7-22/h3-17,20,29,36H,18-19H2,1-2H3. The Morgan fingerprint density at radius 2 is 1.44 bits per heavy atom. The summed E-state index contributed by atoms with van der Waals surface area (Å²) in [4.78, 5) is 15.0. The first-order valence-corrected chi connectivity index (χ1v) is 12.2. The lowest BCUT2D eigenvalue weighted by Gasteiger charge is -2.26. The van der Waals surface area contributed by atoms with Gasteiger partial charge in [-0.1, -0.05) is 66.7 Å². The zero-order valence-electron chi connectivity index (χ0n) is 21.5. The van der Waals surface area contributed by atoms with Crippen molar-refractivity contribution in [3.8, 4) is 22.6 Å². The first-order chi connectivity index (χ1) is 18.7. The molecule has 0 saturated carbocycles. The van der Waals surface area contributed by atoms with E-state index in [-0.39, 0.29) is 13.0 Å². The molecule has 202 valence electrons. The van der Waals surface area contributed by atoms with E-state index < -0.39 is 23.8 Å². The molecule has 5 nitrogen and oxygen atoms in total. The zero-order valence-corrected chi connectivity index (χ0v) is 21.5. The molecule has 0 spiro atoms. The van der Waals surface area contributed by atoms with E-state index in [4.69, 9.17) is 9.47 Å². The molecular formula is C31H28F3NO4. The fourth-order valence-corrected chi connectivity index (χ4v) is 4.24. The molecule has 0 aliphatic heterocycles. The Labute approximate surface area is 225 Å². The fourth-order valence-electron chi connectivity index (χ4n) is 4.24. The van der Waals surface area contributed by atoms with Crippen LogP contribution in [0.2, 0.25) is 0 Å². The predicted octanol–water partition coefficient (Wildman–Crippen LogP) is 6.70. The van der Waals surface area contributed by atoms with Crippen molar-refractivity contribution in [2.45, 2.75) is 18.7 Å². The lowest BCUT2D eigenvalue weighted by Crippen LogP contribution is -2.37. The average Bonchev–Trinajstić information content (AvgIpc) is 2.97. The lowest BCUT2D eigenvalue weighted by molar-refractivity contribution is -0.137. The molecule has 4 rings (SSSR count). The molecule has 1 unspecified atom stereocenters. The second-order valence-corrected chi connectivity index (χ2v) is 8.86. The van der Waals surface area contributed by atoms with Gasteiger partial charge in [-0.3, -0.25) is 4.79 Å². The molecule has 0 aromatic heterocycles. The Morgan fingerprint density at radius 3 is 2.03 bits per heavy atom. The number of hydrogen-bond acceptors (Lipinski definition) is 4. The molecule has 39 heavy (non-hydrogen) atoms. The molecule has 0 heterocycles. The highest BCUT2D eigenvalue weighted by atomic mass is 19.4. The summed E-state index contributed by atoms with van der Waals surface area (Å²) in [7, 11) is 2.97. The molecule has 4 aromatic carbocycles. The van der Waals surface area contributed by atoms with Gasteiger partial charge in [-0.05, 0) is 52.9 Å².